The molecule has 2 rings (SSSR count). The molecule has 0 aromatic heterocycles. The number of allylic oxidation sites excluding steroid dienone is 1. The number of likely N-dealkylation sites (tertiary alicyclic amines) is 1. The van der Waals surface area contributed by atoms with Crippen LogP contribution in [0.15, 0.2) is 11.6 Å². The molecular formula is C9H13NO2. The number of nitrogens with zero attached hydrogens (tertiary/aromatic N) is 1. The molecule has 0 unspecified atom stereocenters. The lowest BCUT2D eigenvalue weighted by molar-refractivity contribution is -0.126. The maximum absolute atomic E-state index is 11.5. The molecule has 1 aliphatic heterocycles. The fraction of sp³-hybridized carbons (Fsp3) is 0.667. The Hall–Kier alpha value is -0.830. The van der Waals surface area contributed by atoms with Gasteiger partial charge < -0.3 is 10.0 Å². The van der Waals surface area contributed by atoms with E-state index >= 15 is 0 Å². The number of carbonyl (C=O) groups excluding carboxylic acids is 1. The van der Waals surface area contributed by atoms with Gasteiger partial charge in [0.25, 0.3) is 0 Å². The molecule has 1 amide bonds. The van der Waals surface area contributed by atoms with Crippen molar-refractivity contribution in [2.24, 2.45) is 0 Å². The molecule has 0 spiro atoms. The van der Waals surface area contributed by atoms with Crippen LogP contribution in [0.5, 0.6) is 0 Å². The standard InChI is InChI=1S/C9H13NO2/c11-8-4-5-10(6-8)9(12)7-2-1-3-7/h2,8,11H,1,3-6H2/t8-/m1/s1. The SMILES string of the molecule is O=C(C1=CCC1)N1CC[C@@H](O)C1. The second-order valence-corrected chi connectivity index (χ2v) is 3.46. The van der Waals surface area contributed by atoms with Crippen LogP contribution in [0.2, 0.25) is 0 Å². The summed E-state index contributed by atoms with van der Waals surface area (Å²) in [6.07, 6.45) is 4.38. The van der Waals surface area contributed by atoms with Crippen molar-refractivity contribution in [2.75, 3.05) is 13.1 Å². The Balaban J connectivity index is 1.96. The first-order chi connectivity index (χ1) is 5.77. The number of aliphatic hydroxyl groups excluding tert-OH is 1. The molecule has 1 N–H and O–H groups in total. The van der Waals surface area contributed by atoms with E-state index in [0.717, 1.165) is 31.4 Å². The van der Waals surface area contributed by atoms with Crippen molar-refractivity contribution in [3.05, 3.63) is 11.6 Å². The third-order valence-electron chi connectivity index (χ3n) is 2.53. The van der Waals surface area contributed by atoms with Crippen LogP contribution < -0.4 is 0 Å². The summed E-state index contributed by atoms with van der Waals surface area (Å²) < 4.78 is 0. The van der Waals surface area contributed by atoms with Gasteiger partial charge in [-0.15, -0.1) is 0 Å². The summed E-state index contributed by atoms with van der Waals surface area (Å²) in [5.41, 5.74) is 0.934. The molecule has 12 heavy (non-hydrogen) atoms. The summed E-state index contributed by atoms with van der Waals surface area (Å²) in [6.45, 7) is 1.24. The Morgan fingerprint density at radius 1 is 1.67 bits per heavy atom. The predicted molar refractivity (Wildman–Crippen MR) is 44.5 cm³/mol. The third-order valence-corrected chi connectivity index (χ3v) is 2.53. The smallest absolute Gasteiger partial charge is 0.249 e. The summed E-state index contributed by atoms with van der Waals surface area (Å²) in [6, 6.07) is 0. The van der Waals surface area contributed by atoms with E-state index in [0.29, 0.717) is 6.54 Å². The van der Waals surface area contributed by atoms with E-state index in [4.69, 9.17) is 0 Å². The number of amides is 1. The average molecular weight is 167 g/mol. The first-order valence-corrected chi connectivity index (χ1v) is 4.44. The normalized spacial score (nSPS) is 28.2. The van der Waals surface area contributed by atoms with Crippen LogP contribution in [-0.4, -0.2) is 35.1 Å². The molecule has 0 bridgehead atoms. The minimum absolute atomic E-state index is 0.137. The van der Waals surface area contributed by atoms with Crippen molar-refractivity contribution in [3.63, 3.8) is 0 Å². The Labute approximate surface area is 71.7 Å². The number of hydrogen-bond donors (Lipinski definition) is 1. The Morgan fingerprint density at radius 2 is 2.42 bits per heavy atom. The summed E-state index contributed by atoms with van der Waals surface area (Å²) in [7, 11) is 0. The lowest BCUT2D eigenvalue weighted by Crippen LogP contribution is -2.32. The molecule has 0 saturated carbocycles. The molecule has 3 heteroatoms. The van der Waals surface area contributed by atoms with Gasteiger partial charge >= 0.3 is 0 Å². The van der Waals surface area contributed by atoms with Crippen LogP contribution in [0.4, 0.5) is 0 Å². The van der Waals surface area contributed by atoms with E-state index in [2.05, 4.69) is 0 Å². The van der Waals surface area contributed by atoms with Crippen LogP contribution in [0.1, 0.15) is 19.3 Å². The second kappa shape index (κ2) is 2.90. The lowest BCUT2D eigenvalue weighted by Gasteiger charge is -2.21. The minimum Gasteiger partial charge on any atom is -0.391 e. The highest BCUT2D eigenvalue weighted by atomic mass is 16.3. The maximum atomic E-state index is 11.5. The van der Waals surface area contributed by atoms with Crippen LogP contribution in [0.3, 0.4) is 0 Å². The molecule has 66 valence electrons. The molecule has 2 aliphatic rings. The van der Waals surface area contributed by atoms with Gasteiger partial charge in [-0.2, -0.15) is 0 Å². The van der Waals surface area contributed by atoms with E-state index in [-0.39, 0.29) is 12.0 Å². The molecule has 3 nitrogen and oxygen atoms in total. The van der Waals surface area contributed by atoms with Crippen molar-refractivity contribution in [1.29, 1.82) is 0 Å². The van der Waals surface area contributed by atoms with Gasteiger partial charge in [-0.05, 0) is 19.3 Å². The van der Waals surface area contributed by atoms with Crippen LogP contribution in [0.25, 0.3) is 0 Å². The third kappa shape index (κ3) is 1.25. The summed E-state index contributed by atoms with van der Waals surface area (Å²) >= 11 is 0. The molecular weight excluding hydrogens is 154 g/mol. The second-order valence-electron chi connectivity index (χ2n) is 3.46. The van der Waals surface area contributed by atoms with E-state index in [1.54, 1.807) is 4.90 Å². The lowest BCUT2D eigenvalue weighted by atomic mass is 9.98. The molecule has 1 aliphatic carbocycles. The van der Waals surface area contributed by atoms with Crippen molar-refractivity contribution in [2.45, 2.75) is 25.4 Å². The highest BCUT2D eigenvalue weighted by Gasteiger charge is 2.27. The van der Waals surface area contributed by atoms with Crippen molar-refractivity contribution < 1.29 is 9.90 Å². The zero-order chi connectivity index (χ0) is 8.55. The monoisotopic (exact) mass is 167 g/mol. The molecule has 1 saturated heterocycles. The zero-order valence-corrected chi connectivity index (χ0v) is 6.99. The Morgan fingerprint density at radius 3 is 2.83 bits per heavy atom. The van der Waals surface area contributed by atoms with Crippen molar-refractivity contribution >= 4 is 5.91 Å². The van der Waals surface area contributed by atoms with Gasteiger partial charge in [-0.1, -0.05) is 6.08 Å². The first-order valence-electron chi connectivity index (χ1n) is 4.44. The highest BCUT2D eigenvalue weighted by Crippen LogP contribution is 2.22. The van der Waals surface area contributed by atoms with Crippen molar-refractivity contribution in [1.82, 2.24) is 4.90 Å². The van der Waals surface area contributed by atoms with Crippen LogP contribution in [0, 0.1) is 0 Å². The van der Waals surface area contributed by atoms with Gasteiger partial charge in [0, 0.05) is 18.7 Å². The summed E-state index contributed by atoms with van der Waals surface area (Å²) in [4.78, 5) is 13.3. The summed E-state index contributed by atoms with van der Waals surface area (Å²) in [5.74, 6) is 0.137. The Kier molecular flexibility index (Phi) is 1.89. The van der Waals surface area contributed by atoms with Gasteiger partial charge in [-0.25, -0.2) is 0 Å². The molecule has 1 heterocycles. The quantitative estimate of drug-likeness (QED) is 0.610. The van der Waals surface area contributed by atoms with Crippen LogP contribution in [-0.2, 0) is 4.79 Å². The van der Waals surface area contributed by atoms with Crippen LogP contribution >= 0.6 is 0 Å². The summed E-state index contributed by atoms with van der Waals surface area (Å²) in [5, 5.41) is 9.21. The maximum Gasteiger partial charge on any atom is 0.249 e. The van der Waals surface area contributed by atoms with E-state index < -0.39 is 0 Å². The highest BCUT2D eigenvalue weighted by molar-refractivity contribution is 5.94. The number of rotatable bonds is 1. The number of aliphatic hydroxyl groups is 1. The fourth-order valence-corrected chi connectivity index (χ4v) is 1.61. The fourth-order valence-electron chi connectivity index (χ4n) is 1.61. The van der Waals surface area contributed by atoms with Gasteiger partial charge in [-0.3, -0.25) is 4.79 Å². The predicted octanol–water partition coefficient (Wildman–Crippen LogP) is 0.300. The topological polar surface area (TPSA) is 40.5 Å². The first kappa shape index (κ1) is 7.80. The van der Waals surface area contributed by atoms with E-state index in [9.17, 15) is 9.90 Å². The average Bonchev–Trinajstić information content (AvgIpc) is 2.31. The van der Waals surface area contributed by atoms with E-state index in [1.165, 1.54) is 0 Å². The molecule has 0 aromatic carbocycles. The van der Waals surface area contributed by atoms with E-state index in [1.807, 2.05) is 6.08 Å². The number of β-amino-alcohol motifs (C(OH)–C–C–N with tert-alkyl or cyclic N) is 1. The zero-order valence-electron chi connectivity index (χ0n) is 6.99. The molecule has 1 atom stereocenters. The van der Waals surface area contributed by atoms with Gasteiger partial charge in [0.15, 0.2) is 0 Å². The molecule has 0 radical (unpaired) electrons. The van der Waals surface area contributed by atoms with Crippen molar-refractivity contribution in [3.8, 4) is 0 Å². The largest absolute Gasteiger partial charge is 0.391 e. The Bertz CT molecular complexity index is 235. The van der Waals surface area contributed by atoms with Gasteiger partial charge in [0.1, 0.15) is 0 Å². The minimum atomic E-state index is -0.297. The molecule has 1 fully saturated rings. The number of carbonyl (C=O) groups is 1. The van der Waals surface area contributed by atoms with Gasteiger partial charge in [0.05, 0.1) is 6.10 Å². The molecule has 0 aromatic rings. The number of hydrogen-bond acceptors (Lipinski definition) is 2. The van der Waals surface area contributed by atoms with Gasteiger partial charge in [0.2, 0.25) is 5.91 Å².